The second-order valence-corrected chi connectivity index (χ2v) is 16.7. The third-order valence-corrected chi connectivity index (χ3v) is 9.19. The number of rotatable bonds is 16. The second-order valence-electron chi connectivity index (χ2n) is 10.2. The van der Waals surface area contributed by atoms with Crippen LogP contribution in [0.3, 0.4) is 0 Å². The third kappa shape index (κ3) is 12.9. The summed E-state index contributed by atoms with van der Waals surface area (Å²) in [5, 5.41) is 30.5. The zero-order valence-corrected chi connectivity index (χ0v) is 25.7. The molecular formula is C22H35NO15P4. The van der Waals surface area contributed by atoms with Crippen molar-refractivity contribution in [2.24, 2.45) is 0 Å². The summed E-state index contributed by atoms with van der Waals surface area (Å²) < 4.78 is 46.6. The lowest BCUT2D eigenvalue weighted by atomic mass is 9.96. The van der Waals surface area contributed by atoms with Gasteiger partial charge >= 0.3 is 30.4 Å². The van der Waals surface area contributed by atoms with E-state index in [1.165, 1.54) is 41.3 Å². The van der Waals surface area contributed by atoms with Gasteiger partial charge in [0, 0.05) is 13.1 Å². The fourth-order valence-corrected chi connectivity index (χ4v) is 7.09. The molecular weight excluding hydrogens is 642 g/mol. The highest BCUT2D eigenvalue weighted by atomic mass is 31.2. The molecule has 42 heavy (non-hydrogen) atoms. The summed E-state index contributed by atoms with van der Waals surface area (Å²) in [4.78, 5) is 77.0. The second kappa shape index (κ2) is 14.3. The summed E-state index contributed by atoms with van der Waals surface area (Å²) in [6.45, 7) is -3.05. The van der Waals surface area contributed by atoms with Crippen LogP contribution in [0.15, 0.2) is 36.4 Å². The molecule has 0 bridgehead atoms. The lowest BCUT2D eigenvalue weighted by Gasteiger charge is -2.40. The van der Waals surface area contributed by atoms with Crippen LogP contribution >= 0.6 is 30.4 Å². The molecule has 2 aromatic carbocycles. The van der Waals surface area contributed by atoms with Gasteiger partial charge in [-0.3, -0.25) is 23.2 Å². The Kier molecular flexibility index (Phi) is 12.6. The van der Waals surface area contributed by atoms with Crippen LogP contribution < -0.4 is 0 Å². The Labute approximate surface area is 240 Å². The molecule has 0 atom stereocenters. The van der Waals surface area contributed by atoms with Crippen LogP contribution in [0.25, 0.3) is 0 Å². The van der Waals surface area contributed by atoms with Gasteiger partial charge in [0.05, 0.1) is 50.0 Å². The van der Waals surface area contributed by atoms with E-state index >= 15 is 0 Å². The van der Waals surface area contributed by atoms with E-state index in [2.05, 4.69) is 0 Å². The van der Waals surface area contributed by atoms with Crippen LogP contribution in [-0.2, 0) is 56.0 Å². The minimum atomic E-state index is -4.62. The maximum atomic E-state index is 11.7. The van der Waals surface area contributed by atoms with Gasteiger partial charge in [-0.25, -0.2) is 0 Å². The van der Waals surface area contributed by atoms with Crippen molar-refractivity contribution in [3.63, 3.8) is 0 Å². The van der Waals surface area contributed by atoms with E-state index in [4.69, 9.17) is 0 Å². The van der Waals surface area contributed by atoms with E-state index in [0.29, 0.717) is 0 Å². The van der Waals surface area contributed by atoms with Crippen molar-refractivity contribution >= 4 is 30.4 Å². The van der Waals surface area contributed by atoms with E-state index in [-0.39, 0.29) is 46.5 Å². The molecule has 0 heterocycles. The maximum absolute atomic E-state index is 11.7. The van der Waals surface area contributed by atoms with Crippen LogP contribution in [0.2, 0.25) is 0 Å². The van der Waals surface area contributed by atoms with Crippen molar-refractivity contribution in [3.8, 4) is 0 Å². The summed E-state index contributed by atoms with van der Waals surface area (Å²) in [6, 6.07) is 7.74. The molecule has 2 aromatic rings. The van der Waals surface area contributed by atoms with Crippen molar-refractivity contribution in [3.05, 3.63) is 69.8 Å². The minimum absolute atomic E-state index is 0.0272. The van der Waals surface area contributed by atoms with Gasteiger partial charge in [-0.2, -0.15) is 0 Å². The van der Waals surface area contributed by atoms with Gasteiger partial charge < -0.3 is 54.5 Å². The van der Waals surface area contributed by atoms with Gasteiger partial charge in [0.1, 0.15) is 0 Å². The van der Waals surface area contributed by atoms with Crippen LogP contribution in [0.1, 0.15) is 33.4 Å². The Morgan fingerprint density at radius 2 is 0.667 bits per heavy atom. The molecule has 238 valence electrons. The van der Waals surface area contributed by atoms with E-state index in [0.717, 1.165) is 0 Å². The normalized spacial score (nSPS) is 13.6. The fraction of sp³-hybridized carbons (Fsp3) is 0.455. The van der Waals surface area contributed by atoms with Crippen LogP contribution in [0, 0.1) is 0 Å². The van der Waals surface area contributed by atoms with Gasteiger partial charge in [0.15, 0.2) is 0 Å². The van der Waals surface area contributed by atoms with Crippen molar-refractivity contribution in [1.82, 2.24) is 4.90 Å². The average Bonchev–Trinajstić information content (AvgIpc) is 2.75. The summed E-state index contributed by atoms with van der Waals surface area (Å²) in [7, 11) is -18.5. The van der Waals surface area contributed by atoms with Gasteiger partial charge in [-0.05, 0) is 33.4 Å². The monoisotopic (exact) mass is 677 g/mol. The Morgan fingerprint density at radius 3 is 0.857 bits per heavy atom. The minimum Gasteiger partial charge on any atom is -0.394 e. The summed E-state index contributed by atoms with van der Waals surface area (Å²) in [5.74, 6) is 0. The highest BCUT2D eigenvalue weighted by Crippen LogP contribution is 2.44. The highest BCUT2D eigenvalue weighted by molar-refractivity contribution is 7.51. The molecule has 0 aliphatic rings. The number of nitrogens with zero attached hydrogens (tertiary/aromatic N) is 1. The summed E-state index contributed by atoms with van der Waals surface area (Å²) >= 11 is 0. The molecule has 0 fully saturated rings. The molecule has 0 unspecified atom stereocenters. The predicted molar refractivity (Wildman–Crippen MR) is 149 cm³/mol. The van der Waals surface area contributed by atoms with Crippen molar-refractivity contribution < 1.29 is 72.7 Å². The van der Waals surface area contributed by atoms with Gasteiger partial charge in [-0.1, -0.05) is 36.4 Å². The lowest BCUT2D eigenvalue weighted by Crippen LogP contribution is -2.56. The number of benzene rings is 2. The van der Waals surface area contributed by atoms with E-state index < -0.39 is 80.4 Å². The standard InChI is InChI=1S/C22H35NO15P4/c24-13-22(14-25,15-26)23(7-16-1-18(9-39(27,28)29)5-19(2-16)10-40(30,31)32)8-17-3-20(11-41(33,34)35)6-21(4-17)12-42(36,37)38/h1-6,24-26H,7-15H2,(H2,27,28,29)(H2,30,31,32)(H2,33,34,35)(H2,36,37,38). The molecule has 20 heteroatoms. The van der Waals surface area contributed by atoms with Crippen molar-refractivity contribution in [2.45, 2.75) is 43.3 Å². The first-order valence-corrected chi connectivity index (χ1v) is 19.2. The SMILES string of the molecule is O=P(O)(O)Cc1cc(CN(Cc2cc(CP(=O)(O)O)cc(CP(=O)(O)O)c2)C(CO)(CO)CO)cc(CP(=O)(O)O)c1. The molecule has 16 nitrogen and oxygen atoms in total. The first-order valence-electron chi connectivity index (χ1n) is 12.0. The average molecular weight is 677 g/mol. The molecule has 0 amide bonds. The predicted octanol–water partition coefficient (Wildman–Crippen LogP) is 0.115. The molecule has 0 aromatic heterocycles. The van der Waals surface area contributed by atoms with Crippen LogP contribution in [0.5, 0.6) is 0 Å². The molecule has 0 saturated carbocycles. The smallest absolute Gasteiger partial charge is 0.329 e. The van der Waals surface area contributed by atoms with E-state index in [1.807, 2.05) is 0 Å². The van der Waals surface area contributed by atoms with Crippen molar-refractivity contribution in [2.75, 3.05) is 19.8 Å². The Bertz CT molecular complexity index is 1230. The maximum Gasteiger partial charge on any atom is 0.329 e. The third-order valence-electron chi connectivity index (χ3n) is 6.08. The lowest BCUT2D eigenvalue weighted by molar-refractivity contribution is -0.0569. The number of hydrogen-bond acceptors (Lipinski definition) is 8. The van der Waals surface area contributed by atoms with Crippen LogP contribution in [0.4, 0.5) is 0 Å². The summed E-state index contributed by atoms with van der Waals surface area (Å²) in [6.07, 6.45) is -3.07. The fourth-order valence-electron chi connectivity index (χ4n) is 4.46. The van der Waals surface area contributed by atoms with Gasteiger partial charge in [-0.15, -0.1) is 0 Å². The Hall–Kier alpha value is -1.12. The van der Waals surface area contributed by atoms with E-state index in [1.54, 1.807) is 0 Å². The van der Waals surface area contributed by atoms with Gasteiger partial charge in [0.2, 0.25) is 0 Å². The van der Waals surface area contributed by atoms with Crippen molar-refractivity contribution in [1.29, 1.82) is 0 Å². The largest absolute Gasteiger partial charge is 0.394 e. The molecule has 0 aliphatic heterocycles. The Balaban J connectivity index is 2.67. The first kappa shape index (κ1) is 37.1. The molecule has 0 spiro atoms. The quantitative estimate of drug-likeness (QED) is 0.105. The topological polar surface area (TPSA) is 294 Å². The van der Waals surface area contributed by atoms with Crippen LogP contribution in [-0.4, -0.2) is 84.7 Å². The number of aliphatic hydroxyl groups excluding tert-OH is 3. The number of aliphatic hydroxyl groups is 3. The molecule has 0 aliphatic carbocycles. The molecule has 11 N–H and O–H groups in total. The molecule has 2 rings (SSSR count). The summed E-state index contributed by atoms with van der Waals surface area (Å²) in [5.41, 5.74) is -1.22. The Morgan fingerprint density at radius 1 is 0.452 bits per heavy atom. The van der Waals surface area contributed by atoms with Gasteiger partial charge in [0.25, 0.3) is 0 Å². The zero-order valence-electron chi connectivity index (χ0n) is 22.1. The van der Waals surface area contributed by atoms with E-state index in [9.17, 15) is 72.7 Å². The molecule has 0 saturated heterocycles. The highest BCUT2D eigenvalue weighted by Gasteiger charge is 2.36. The number of hydrogen-bond donors (Lipinski definition) is 11. The zero-order chi connectivity index (χ0) is 32.1. The molecule has 0 radical (unpaired) electrons. The first-order chi connectivity index (χ1) is 19.0.